The molecule has 1 fully saturated rings. The summed E-state index contributed by atoms with van der Waals surface area (Å²) in [5.41, 5.74) is 0. The molecule has 1 unspecified atom stereocenters. The van der Waals surface area contributed by atoms with Crippen LogP contribution in [0.3, 0.4) is 0 Å². The second kappa shape index (κ2) is 1.32. The van der Waals surface area contributed by atoms with Crippen molar-refractivity contribution in [2.24, 2.45) is 0 Å². The van der Waals surface area contributed by atoms with Gasteiger partial charge in [-0.15, -0.1) is 0 Å². The molecule has 0 radical (unpaired) electrons. The summed E-state index contributed by atoms with van der Waals surface area (Å²) in [5.74, 6) is 0.949. The first-order chi connectivity index (χ1) is 3.97. The Labute approximate surface area is 46.7 Å². The van der Waals surface area contributed by atoms with Crippen LogP contribution >= 0.6 is 0 Å². The van der Waals surface area contributed by atoms with E-state index in [4.69, 9.17) is 4.74 Å². The zero-order valence-corrected chi connectivity index (χ0v) is 4.29. The minimum Gasteiger partial charge on any atom is -0.365 e. The van der Waals surface area contributed by atoms with Crippen molar-refractivity contribution in [3.05, 3.63) is 18.2 Å². The Morgan fingerprint density at radius 2 is 2.75 bits per heavy atom. The van der Waals surface area contributed by atoms with Crippen molar-refractivity contribution in [3.8, 4) is 0 Å². The van der Waals surface area contributed by atoms with Gasteiger partial charge in [-0.2, -0.15) is 0 Å². The summed E-state index contributed by atoms with van der Waals surface area (Å²) in [6.45, 7) is 0.827. The lowest BCUT2D eigenvalue weighted by Crippen LogP contribution is -1.80. The maximum Gasteiger partial charge on any atom is 0.138 e. The van der Waals surface area contributed by atoms with Crippen LogP contribution < -0.4 is 0 Å². The molecule has 1 atom stereocenters. The fourth-order valence-corrected chi connectivity index (χ4v) is 0.660. The highest BCUT2D eigenvalue weighted by Crippen LogP contribution is 2.25. The summed E-state index contributed by atoms with van der Waals surface area (Å²) >= 11 is 0. The van der Waals surface area contributed by atoms with Crippen LogP contribution in [0.4, 0.5) is 0 Å². The van der Waals surface area contributed by atoms with E-state index in [1.807, 2.05) is 0 Å². The predicted molar refractivity (Wildman–Crippen MR) is 27.3 cm³/mol. The summed E-state index contributed by atoms with van der Waals surface area (Å²) in [6, 6.07) is 0. The smallest absolute Gasteiger partial charge is 0.138 e. The van der Waals surface area contributed by atoms with Crippen LogP contribution in [-0.2, 0) is 4.74 Å². The van der Waals surface area contributed by atoms with E-state index in [1.165, 1.54) is 0 Å². The minimum absolute atomic E-state index is 0.269. The third-order valence-electron chi connectivity index (χ3n) is 1.16. The first kappa shape index (κ1) is 4.09. The fourth-order valence-electron chi connectivity index (χ4n) is 0.660. The first-order valence-corrected chi connectivity index (χ1v) is 2.58. The van der Waals surface area contributed by atoms with E-state index in [2.05, 4.69) is 9.97 Å². The number of nitrogens with zero attached hydrogens (tertiary/aromatic N) is 1. The van der Waals surface area contributed by atoms with E-state index in [9.17, 15) is 0 Å². The van der Waals surface area contributed by atoms with Crippen molar-refractivity contribution >= 4 is 0 Å². The lowest BCUT2D eigenvalue weighted by atomic mass is 10.5. The van der Waals surface area contributed by atoms with Gasteiger partial charge in [-0.1, -0.05) is 0 Å². The normalized spacial score (nSPS) is 25.8. The number of hydrogen-bond donors (Lipinski definition) is 1. The number of rotatable bonds is 1. The minimum atomic E-state index is 0.269. The molecule has 3 nitrogen and oxygen atoms in total. The molecular weight excluding hydrogens is 104 g/mol. The molecule has 1 aromatic heterocycles. The van der Waals surface area contributed by atoms with Gasteiger partial charge in [0, 0.05) is 12.4 Å². The van der Waals surface area contributed by atoms with Crippen LogP contribution in [0.25, 0.3) is 0 Å². The van der Waals surface area contributed by atoms with Gasteiger partial charge in [-0.3, -0.25) is 0 Å². The Kier molecular flexibility index (Phi) is 0.676. The highest BCUT2D eigenvalue weighted by Gasteiger charge is 2.26. The molecule has 2 heterocycles. The molecule has 42 valence electrons. The second-order valence-electron chi connectivity index (χ2n) is 1.80. The first-order valence-electron chi connectivity index (χ1n) is 2.58. The highest BCUT2D eigenvalue weighted by molar-refractivity contribution is 4.97. The van der Waals surface area contributed by atoms with Gasteiger partial charge in [-0.25, -0.2) is 4.98 Å². The standard InChI is InChI=1S/C5H6N2O/c1-2-7-5(6-1)4-3-8-4/h1-2,4H,3H2,(H,6,7). The Balaban J connectivity index is 2.28. The van der Waals surface area contributed by atoms with E-state index in [-0.39, 0.29) is 6.10 Å². The van der Waals surface area contributed by atoms with Gasteiger partial charge in [-0.05, 0) is 0 Å². The average Bonchev–Trinajstić information content (AvgIpc) is 2.49. The van der Waals surface area contributed by atoms with Gasteiger partial charge >= 0.3 is 0 Å². The van der Waals surface area contributed by atoms with Gasteiger partial charge in [0.2, 0.25) is 0 Å². The van der Waals surface area contributed by atoms with E-state index in [1.54, 1.807) is 12.4 Å². The van der Waals surface area contributed by atoms with Crippen LogP contribution in [-0.4, -0.2) is 16.6 Å². The van der Waals surface area contributed by atoms with Gasteiger partial charge < -0.3 is 9.72 Å². The summed E-state index contributed by atoms with van der Waals surface area (Å²) < 4.78 is 4.96. The van der Waals surface area contributed by atoms with Crippen LogP contribution in [0.15, 0.2) is 12.4 Å². The van der Waals surface area contributed by atoms with Gasteiger partial charge in [0.25, 0.3) is 0 Å². The van der Waals surface area contributed by atoms with Crippen LogP contribution in [0.2, 0.25) is 0 Å². The molecule has 0 spiro atoms. The Morgan fingerprint density at radius 3 is 3.25 bits per heavy atom. The molecule has 1 aliphatic rings. The number of H-pyrrole nitrogens is 1. The topological polar surface area (TPSA) is 41.2 Å². The quantitative estimate of drug-likeness (QED) is 0.534. The predicted octanol–water partition coefficient (Wildman–Crippen LogP) is 0.481. The molecule has 3 heteroatoms. The number of hydrogen-bond acceptors (Lipinski definition) is 2. The zero-order valence-electron chi connectivity index (χ0n) is 4.29. The van der Waals surface area contributed by atoms with Crippen LogP contribution in [0, 0.1) is 0 Å². The van der Waals surface area contributed by atoms with Gasteiger partial charge in [0.15, 0.2) is 0 Å². The molecular formula is C5H6N2O. The van der Waals surface area contributed by atoms with Crippen molar-refractivity contribution < 1.29 is 4.74 Å². The third-order valence-corrected chi connectivity index (χ3v) is 1.16. The van der Waals surface area contributed by atoms with Crippen LogP contribution in [0.1, 0.15) is 11.9 Å². The molecule has 8 heavy (non-hydrogen) atoms. The summed E-state index contributed by atoms with van der Waals surface area (Å²) in [6.07, 6.45) is 3.80. The SMILES string of the molecule is c1c[nH]c(C2CO2)n1. The van der Waals surface area contributed by atoms with Crippen molar-refractivity contribution in [1.82, 2.24) is 9.97 Å². The molecule has 2 rings (SSSR count). The number of ether oxygens (including phenoxy) is 1. The summed E-state index contributed by atoms with van der Waals surface area (Å²) in [7, 11) is 0. The lowest BCUT2D eigenvalue weighted by molar-refractivity contribution is 0.407. The van der Waals surface area contributed by atoms with Gasteiger partial charge in [0.1, 0.15) is 11.9 Å². The molecule has 0 aromatic carbocycles. The third kappa shape index (κ3) is 0.518. The van der Waals surface area contributed by atoms with Gasteiger partial charge in [0.05, 0.1) is 6.61 Å². The summed E-state index contributed by atoms with van der Waals surface area (Å²) in [5, 5.41) is 0. The number of nitrogens with one attached hydrogen (secondary N) is 1. The van der Waals surface area contributed by atoms with Crippen LogP contribution in [0.5, 0.6) is 0 Å². The molecule has 1 saturated heterocycles. The fraction of sp³-hybridized carbons (Fsp3) is 0.400. The molecule has 1 aliphatic heterocycles. The molecule has 0 amide bonds. The highest BCUT2D eigenvalue weighted by atomic mass is 16.6. The van der Waals surface area contributed by atoms with Crippen molar-refractivity contribution in [3.63, 3.8) is 0 Å². The Bertz CT molecular complexity index is 167. The number of epoxide rings is 1. The number of aromatic amines is 1. The second-order valence-corrected chi connectivity index (χ2v) is 1.80. The van der Waals surface area contributed by atoms with Crippen molar-refractivity contribution in [2.75, 3.05) is 6.61 Å². The Morgan fingerprint density at radius 1 is 1.88 bits per heavy atom. The zero-order chi connectivity index (χ0) is 5.40. The molecule has 1 aromatic rings. The molecule has 0 saturated carbocycles. The van der Waals surface area contributed by atoms with Crippen molar-refractivity contribution in [1.29, 1.82) is 0 Å². The maximum absolute atomic E-state index is 4.96. The van der Waals surface area contributed by atoms with E-state index < -0.39 is 0 Å². The molecule has 0 bridgehead atoms. The lowest BCUT2D eigenvalue weighted by Gasteiger charge is -1.79. The monoisotopic (exact) mass is 110 g/mol. The molecule has 0 aliphatic carbocycles. The van der Waals surface area contributed by atoms with E-state index in [0.717, 1.165) is 12.4 Å². The number of aromatic nitrogens is 2. The largest absolute Gasteiger partial charge is 0.365 e. The number of imidazole rings is 1. The summed E-state index contributed by atoms with van der Waals surface area (Å²) in [4.78, 5) is 6.96. The Hall–Kier alpha value is -0.830. The maximum atomic E-state index is 4.96. The van der Waals surface area contributed by atoms with Crippen molar-refractivity contribution in [2.45, 2.75) is 6.10 Å². The molecule has 1 N–H and O–H groups in total. The average molecular weight is 110 g/mol. The van der Waals surface area contributed by atoms with E-state index in [0.29, 0.717) is 0 Å². The van der Waals surface area contributed by atoms with E-state index >= 15 is 0 Å².